The van der Waals surface area contributed by atoms with Crippen LogP contribution < -0.4 is 9.80 Å². The standard InChI is InChI=1S/C58H44N2S2/c1-35-16-12-22-42-44-24-14-26-48(56(44)61-54(35)42)59(40-18-8-6-9-19-40)50-34-51(47-31-29-38-33-39(58(3,4)5)32-37-28-30-46(50)53(47)52(37)38)60(41-20-10-7-11-21-41)49-27-15-25-45-43-23-13-17-36(2)55(43)62-57(45)49/h6-34H,1-5H3. The molecule has 0 aliphatic rings. The summed E-state index contributed by atoms with van der Waals surface area (Å²) in [7, 11) is 0. The largest absolute Gasteiger partial charge is 0.308 e. The van der Waals surface area contributed by atoms with Crippen molar-refractivity contribution in [2.24, 2.45) is 0 Å². The van der Waals surface area contributed by atoms with Gasteiger partial charge < -0.3 is 9.80 Å². The predicted octanol–water partition coefficient (Wildman–Crippen LogP) is 18.2. The van der Waals surface area contributed by atoms with Crippen LogP contribution in [0.3, 0.4) is 0 Å². The van der Waals surface area contributed by atoms with E-state index in [0.29, 0.717) is 0 Å². The van der Waals surface area contributed by atoms with Gasteiger partial charge in [-0.2, -0.15) is 0 Å². The summed E-state index contributed by atoms with van der Waals surface area (Å²) in [6, 6.07) is 66.0. The second-order valence-corrected chi connectivity index (χ2v) is 19.9. The van der Waals surface area contributed by atoms with E-state index in [4.69, 9.17) is 0 Å². The topological polar surface area (TPSA) is 6.48 Å². The number of hydrogen-bond donors (Lipinski definition) is 0. The maximum atomic E-state index is 2.54. The molecule has 12 rings (SSSR count). The highest BCUT2D eigenvalue weighted by molar-refractivity contribution is 7.27. The van der Waals surface area contributed by atoms with Gasteiger partial charge in [0.1, 0.15) is 0 Å². The average molecular weight is 833 g/mol. The molecule has 0 atom stereocenters. The first-order valence-corrected chi connectivity index (χ1v) is 23.1. The number of fused-ring (bicyclic) bond motifs is 6. The normalized spacial score (nSPS) is 12.3. The van der Waals surface area contributed by atoms with Crippen molar-refractivity contribution < 1.29 is 0 Å². The van der Waals surface area contributed by atoms with Crippen LogP contribution in [-0.2, 0) is 5.41 Å². The van der Waals surface area contributed by atoms with Gasteiger partial charge in [0.05, 0.1) is 32.1 Å². The lowest BCUT2D eigenvalue weighted by Gasteiger charge is -2.33. The highest BCUT2D eigenvalue weighted by Crippen LogP contribution is 2.54. The Morgan fingerprint density at radius 3 is 1.21 bits per heavy atom. The Balaban J connectivity index is 1.25. The van der Waals surface area contributed by atoms with Crippen LogP contribution in [0.25, 0.3) is 72.7 Å². The summed E-state index contributed by atoms with van der Waals surface area (Å²) in [6.07, 6.45) is 0. The molecule has 0 N–H and O–H groups in total. The molecule has 0 aliphatic heterocycles. The molecule has 0 saturated carbocycles. The summed E-state index contributed by atoms with van der Waals surface area (Å²) in [5.74, 6) is 0. The van der Waals surface area contributed by atoms with Gasteiger partial charge in [0.25, 0.3) is 0 Å². The van der Waals surface area contributed by atoms with E-state index in [1.54, 1.807) is 0 Å². The first-order chi connectivity index (χ1) is 30.2. The van der Waals surface area contributed by atoms with Crippen LogP contribution >= 0.6 is 22.7 Å². The number of aryl methyl sites for hydroxylation is 2. The minimum Gasteiger partial charge on any atom is -0.308 e. The van der Waals surface area contributed by atoms with Crippen LogP contribution in [0.1, 0.15) is 37.5 Å². The van der Waals surface area contributed by atoms with Crippen LogP contribution in [-0.4, -0.2) is 0 Å². The Kier molecular flexibility index (Phi) is 8.31. The number of hydrogen-bond acceptors (Lipinski definition) is 4. The average Bonchev–Trinajstić information content (AvgIpc) is 3.88. The SMILES string of the molecule is Cc1cccc2c1sc1c(N(c3ccccc3)c3cc(N(c4ccccc4)c4cccc5c4sc4c(C)cccc45)c4ccc5cc(C(C)(C)C)cc6ccc3c4c65)cccc12. The van der Waals surface area contributed by atoms with E-state index < -0.39 is 0 Å². The Bertz CT molecular complexity index is 3470. The molecule has 0 fully saturated rings. The molecule has 10 aromatic carbocycles. The number of rotatable bonds is 6. The Hall–Kier alpha value is -6.72. The zero-order valence-corrected chi connectivity index (χ0v) is 37.1. The van der Waals surface area contributed by atoms with Crippen LogP contribution in [0.5, 0.6) is 0 Å². The highest BCUT2D eigenvalue weighted by atomic mass is 32.1. The van der Waals surface area contributed by atoms with Crippen molar-refractivity contribution in [1.29, 1.82) is 0 Å². The van der Waals surface area contributed by atoms with Gasteiger partial charge in [-0.15, -0.1) is 22.7 Å². The second kappa shape index (κ2) is 13.9. The molecule has 0 radical (unpaired) electrons. The molecule has 0 saturated heterocycles. The molecular weight excluding hydrogens is 789 g/mol. The fourth-order valence-corrected chi connectivity index (χ4v) is 12.4. The summed E-state index contributed by atoms with van der Waals surface area (Å²) >= 11 is 3.82. The van der Waals surface area contributed by atoms with E-state index in [0.717, 1.165) is 22.7 Å². The second-order valence-electron chi connectivity index (χ2n) is 17.8. The van der Waals surface area contributed by atoms with Gasteiger partial charge in [-0.1, -0.05) is 154 Å². The minimum absolute atomic E-state index is 0.0115. The van der Waals surface area contributed by atoms with Gasteiger partial charge in [-0.25, -0.2) is 0 Å². The van der Waals surface area contributed by atoms with Gasteiger partial charge in [0.2, 0.25) is 0 Å². The van der Waals surface area contributed by atoms with Crippen LogP contribution in [0.4, 0.5) is 34.1 Å². The lowest BCUT2D eigenvalue weighted by atomic mass is 9.83. The van der Waals surface area contributed by atoms with Crippen molar-refractivity contribution in [2.75, 3.05) is 9.80 Å². The molecule has 0 spiro atoms. The molecule has 4 heteroatoms. The summed E-state index contributed by atoms with van der Waals surface area (Å²) in [5.41, 5.74) is 10.9. The Morgan fingerprint density at radius 2 is 0.774 bits per heavy atom. The van der Waals surface area contributed by atoms with Gasteiger partial charge in [-0.3, -0.25) is 0 Å². The fourth-order valence-electron chi connectivity index (χ4n) is 9.90. The summed E-state index contributed by atoms with van der Waals surface area (Å²) in [5, 5.41) is 12.8. The number of benzene rings is 10. The van der Waals surface area contributed by atoms with E-state index in [9.17, 15) is 0 Å². The summed E-state index contributed by atoms with van der Waals surface area (Å²) in [6.45, 7) is 11.4. The monoisotopic (exact) mass is 832 g/mol. The van der Waals surface area contributed by atoms with Gasteiger partial charge in [0.15, 0.2) is 0 Å². The lowest BCUT2D eigenvalue weighted by molar-refractivity contribution is 0.591. The van der Waals surface area contributed by atoms with Crippen molar-refractivity contribution in [2.45, 2.75) is 40.0 Å². The van der Waals surface area contributed by atoms with E-state index in [1.807, 2.05) is 22.7 Å². The van der Waals surface area contributed by atoms with E-state index in [-0.39, 0.29) is 5.41 Å². The van der Waals surface area contributed by atoms with Crippen molar-refractivity contribution in [3.63, 3.8) is 0 Å². The van der Waals surface area contributed by atoms with Crippen LogP contribution in [0.15, 0.2) is 176 Å². The molecule has 12 aromatic rings. The maximum Gasteiger partial charge on any atom is 0.0640 e. The molecule has 2 aromatic heterocycles. The summed E-state index contributed by atoms with van der Waals surface area (Å²) < 4.78 is 5.26. The van der Waals surface area contributed by atoms with Crippen LogP contribution in [0, 0.1) is 13.8 Å². The van der Waals surface area contributed by atoms with Crippen LogP contribution in [0.2, 0.25) is 0 Å². The van der Waals surface area contributed by atoms with Crippen molar-refractivity contribution in [3.05, 3.63) is 193 Å². The number of nitrogens with zero attached hydrogens (tertiary/aromatic N) is 2. The molecule has 2 heterocycles. The van der Waals surface area contributed by atoms with Crippen molar-refractivity contribution in [3.8, 4) is 0 Å². The van der Waals surface area contributed by atoms with Crippen molar-refractivity contribution in [1.82, 2.24) is 0 Å². The zero-order chi connectivity index (χ0) is 41.9. The molecule has 298 valence electrons. The quantitative estimate of drug-likeness (QED) is 0.154. The van der Waals surface area contributed by atoms with Crippen molar-refractivity contribution >= 4 is 129 Å². The third-order valence-electron chi connectivity index (χ3n) is 12.9. The maximum absolute atomic E-state index is 2.54. The first-order valence-electron chi connectivity index (χ1n) is 21.5. The third-order valence-corrected chi connectivity index (χ3v) is 15.7. The molecular formula is C58H44N2S2. The van der Waals surface area contributed by atoms with Gasteiger partial charge in [0, 0.05) is 58.5 Å². The number of thiophene rings is 2. The molecule has 0 bridgehead atoms. The fraction of sp³-hybridized carbons (Fsp3) is 0.103. The van der Waals surface area contributed by atoms with E-state index in [1.165, 1.54) is 101 Å². The van der Waals surface area contributed by atoms with Gasteiger partial charge in [-0.05, 0) is 94.6 Å². The molecule has 62 heavy (non-hydrogen) atoms. The Morgan fingerprint density at radius 1 is 0.355 bits per heavy atom. The molecule has 0 aliphatic carbocycles. The third kappa shape index (κ3) is 5.60. The van der Waals surface area contributed by atoms with Gasteiger partial charge >= 0.3 is 0 Å². The predicted molar refractivity (Wildman–Crippen MR) is 273 cm³/mol. The molecule has 0 unspecified atom stereocenters. The smallest absolute Gasteiger partial charge is 0.0640 e. The first kappa shape index (κ1) is 37.1. The van der Waals surface area contributed by atoms with E-state index in [2.05, 4.69) is 220 Å². The molecule has 2 nitrogen and oxygen atoms in total. The Labute approximate surface area is 369 Å². The lowest BCUT2D eigenvalue weighted by Crippen LogP contribution is -2.15. The summed E-state index contributed by atoms with van der Waals surface area (Å²) in [4.78, 5) is 5.07. The highest BCUT2D eigenvalue weighted by Gasteiger charge is 2.28. The van der Waals surface area contributed by atoms with E-state index >= 15 is 0 Å². The number of anilines is 6. The molecule has 0 amide bonds. The minimum atomic E-state index is 0.0115. The zero-order valence-electron chi connectivity index (χ0n) is 35.5. The number of para-hydroxylation sites is 2.